The number of fused-ring (bicyclic) bond motifs is 5. The third-order valence-electron chi connectivity index (χ3n) is 13.3. The fraction of sp³-hybridized carbons (Fsp3) is 0.730. The standard InChI is InChI=1S/C37H51NO11/c1-20-5-7-22(8-6-20)18-46-34(43)49-28-16-27-26(37(44)13-10-25(36(28,37)4)23-15-29(39)45-19-23)11-14-38-17-24(9-12-35(27,38)3)48-33-32(42)31(41)30(40)21(2)47-33/h5-8,15,21,24-28,30-33,40-42,44H,9-14,16-19H2,1-4H3. The van der Waals surface area contributed by atoms with Gasteiger partial charge in [0.2, 0.25) is 0 Å². The average molecular weight is 686 g/mol. The SMILES string of the molecule is Cc1ccc(COC(=O)OC2CC3C(CCN4CC(OC5OC(C)C(O)C(O)C5O)CCC34C)C3(O)CCC(C4=CC(=O)OC4)C23C)cc1. The molecule has 7 rings (SSSR count). The predicted octanol–water partition coefficient (Wildman–Crippen LogP) is 2.75. The molecule has 13 atom stereocenters. The third-order valence-corrected chi connectivity index (χ3v) is 13.3. The van der Waals surface area contributed by atoms with Crippen molar-refractivity contribution >= 4 is 12.1 Å². The lowest BCUT2D eigenvalue weighted by molar-refractivity contribution is -0.311. The van der Waals surface area contributed by atoms with Crippen LogP contribution in [0.4, 0.5) is 4.79 Å². The van der Waals surface area contributed by atoms with E-state index in [0.29, 0.717) is 32.2 Å². The van der Waals surface area contributed by atoms with Gasteiger partial charge in [-0.25, -0.2) is 9.59 Å². The van der Waals surface area contributed by atoms with Crippen LogP contribution in [0.2, 0.25) is 0 Å². The van der Waals surface area contributed by atoms with Crippen molar-refractivity contribution in [2.45, 2.75) is 127 Å². The summed E-state index contributed by atoms with van der Waals surface area (Å²) in [6, 6.07) is 7.74. The lowest BCUT2D eigenvalue weighted by Crippen LogP contribution is -2.72. The molecule has 12 heteroatoms. The molecule has 270 valence electrons. The average Bonchev–Trinajstić information content (AvgIpc) is 3.62. The van der Waals surface area contributed by atoms with Crippen molar-refractivity contribution in [2.24, 2.45) is 23.2 Å². The van der Waals surface area contributed by atoms with Gasteiger partial charge >= 0.3 is 12.1 Å². The second kappa shape index (κ2) is 12.9. The van der Waals surface area contributed by atoms with Gasteiger partial charge in [-0.15, -0.1) is 0 Å². The van der Waals surface area contributed by atoms with Crippen molar-refractivity contribution in [1.82, 2.24) is 4.90 Å². The van der Waals surface area contributed by atoms with E-state index >= 15 is 0 Å². The molecule has 4 N–H and O–H groups in total. The zero-order valence-corrected chi connectivity index (χ0v) is 28.8. The van der Waals surface area contributed by atoms with Gasteiger partial charge < -0.3 is 44.1 Å². The molecule has 0 aromatic heterocycles. The molecule has 4 heterocycles. The minimum absolute atomic E-state index is 0.0159. The Bertz CT molecular complexity index is 1450. The Labute approximate surface area is 287 Å². The van der Waals surface area contributed by atoms with Crippen LogP contribution in [0.15, 0.2) is 35.9 Å². The molecule has 0 amide bonds. The fourth-order valence-corrected chi connectivity index (χ4v) is 10.4. The number of hydrogen-bond donors (Lipinski definition) is 4. The van der Waals surface area contributed by atoms with Crippen molar-refractivity contribution in [3.05, 3.63) is 47.0 Å². The molecule has 49 heavy (non-hydrogen) atoms. The van der Waals surface area contributed by atoms with Crippen LogP contribution in [0.5, 0.6) is 0 Å². The van der Waals surface area contributed by atoms with Crippen molar-refractivity contribution in [2.75, 3.05) is 19.7 Å². The highest BCUT2D eigenvalue weighted by Gasteiger charge is 2.72. The minimum Gasteiger partial charge on any atom is -0.458 e. The number of nitrogens with zero attached hydrogens (tertiary/aromatic N) is 1. The van der Waals surface area contributed by atoms with E-state index in [1.54, 1.807) is 13.0 Å². The molecule has 2 aliphatic carbocycles. The molecule has 0 bridgehead atoms. The number of carbonyl (C=O) groups excluding carboxylic acids is 2. The number of aliphatic hydroxyl groups is 4. The van der Waals surface area contributed by atoms with Gasteiger partial charge in [0.1, 0.15) is 37.6 Å². The highest BCUT2D eigenvalue weighted by molar-refractivity contribution is 5.85. The first-order valence-electron chi connectivity index (χ1n) is 17.8. The number of rotatable bonds is 6. The molecule has 4 aliphatic heterocycles. The van der Waals surface area contributed by atoms with E-state index in [4.69, 9.17) is 23.7 Å². The summed E-state index contributed by atoms with van der Waals surface area (Å²) >= 11 is 0. The van der Waals surface area contributed by atoms with Gasteiger partial charge in [0, 0.05) is 23.6 Å². The Morgan fingerprint density at radius 1 is 1.02 bits per heavy atom. The Morgan fingerprint density at radius 2 is 1.78 bits per heavy atom. The first kappa shape index (κ1) is 34.9. The van der Waals surface area contributed by atoms with Gasteiger partial charge in [0.25, 0.3) is 0 Å². The van der Waals surface area contributed by atoms with Gasteiger partial charge in [-0.1, -0.05) is 36.8 Å². The van der Waals surface area contributed by atoms with Crippen LogP contribution >= 0.6 is 0 Å². The van der Waals surface area contributed by atoms with E-state index in [2.05, 4.69) is 11.8 Å². The number of aryl methyl sites for hydroxylation is 1. The summed E-state index contributed by atoms with van der Waals surface area (Å²) in [5.41, 5.74) is 0.419. The Kier molecular flexibility index (Phi) is 9.16. The van der Waals surface area contributed by atoms with Crippen LogP contribution in [0.3, 0.4) is 0 Å². The quantitative estimate of drug-likeness (QED) is 0.324. The molecule has 3 saturated heterocycles. The topological polar surface area (TPSA) is 164 Å². The van der Waals surface area contributed by atoms with E-state index in [1.807, 2.05) is 38.1 Å². The number of aliphatic hydroxyl groups excluding tert-OH is 3. The molecule has 6 aliphatic rings. The molecule has 13 unspecified atom stereocenters. The number of ether oxygens (including phenoxy) is 5. The molecular formula is C37H51NO11. The number of esters is 1. The van der Waals surface area contributed by atoms with Crippen molar-refractivity contribution in [3.63, 3.8) is 0 Å². The van der Waals surface area contributed by atoms with E-state index in [0.717, 1.165) is 36.1 Å². The third kappa shape index (κ3) is 5.81. The van der Waals surface area contributed by atoms with Gasteiger partial charge in [-0.05, 0) is 94.7 Å². The Morgan fingerprint density at radius 3 is 2.49 bits per heavy atom. The molecule has 12 nitrogen and oxygen atoms in total. The highest BCUT2D eigenvalue weighted by atomic mass is 16.7. The molecule has 0 radical (unpaired) electrons. The van der Waals surface area contributed by atoms with Crippen LogP contribution < -0.4 is 0 Å². The number of hydrogen-bond acceptors (Lipinski definition) is 12. The van der Waals surface area contributed by atoms with Gasteiger partial charge in [-0.2, -0.15) is 0 Å². The van der Waals surface area contributed by atoms with Crippen molar-refractivity contribution in [3.8, 4) is 0 Å². The van der Waals surface area contributed by atoms with Crippen LogP contribution in [0, 0.1) is 30.1 Å². The van der Waals surface area contributed by atoms with Gasteiger partial charge in [-0.3, -0.25) is 4.90 Å². The maximum absolute atomic E-state index is 13.4. The van der Waals surface area contributed by atoms with Crippen LogP contribution in [0.25, 0.3) is 0 Å². The van der Waals surface area contributed by atoms with Crippen LogP contribution in [-0.2, 0) is 35.1 Å². The second-order valence-corrected chi connectivity index (χ2v) is 15.8. The summed E-state index contributed by atoms with van der Waals surface area (Å²) in [5, 5.41) is 44.0. The second-order valence-electron chi connectivity index (χ2n) is 15.8. The summed E-state index contributed by atoms with van der Waals surface area (Å²) in [6.07, 6.45) is -2.07. The summed E-state index contributed by atoms with van der Waals surface area (Å²) < 4.78 is 29.2. The predicted molar refractivity (Wildman–Crippen MR) is 174 cm³/mol. The molecule has 1 aromatic carbocycles. The number of cyclic esters (lactones) is 1. The number of piperidine rings is 2. The highest BCUT2D eigenvalue weighted by Crippen LogP contribution is 2.67. The van der Waals surface area contributed by atoms with E-state index in [9.17, 15) is 30.0 Å². The van der Waals surface area contributed by atoms with Gasteiger partial charge in [0.15, 0.2) is 6.29 Å². The van der Waals surface area contributed by atoms with Crippen molar-refractivity contribution < 1.29 is 53.7 Å². The smallest absolute Gasteiger partial charge is 0.458 e. The maximum Gasteiger partial charge on any atom is 0.508 e. The lowest BCUT2D eigenvalue weighted by Gasteiger charge is -2.66. The number of carbonyl (C=O) groups is 2. The first-order valence-corrected chi connectivity index (χ1v) is 17.8. The summed E-state index contributed by atoms with van der Waals surface area (Å²) in [6.45, 7) is 9.40. The van der Waals surface area contributed by atoms with Crippen molar-refractivity contribution in [1.29, 1.82) is 0 Å². The summed E-state index contributed by atoms with van der Waals surface area (Å²) in [5.74, 6) is -0.668. The zero-order valence-electron chi connectivity index (χ0n) is 28.8. The van der Waals surface area contributed by atoms with Gasteiger partial charge in [0.05, 0.1) is 17.8 Å². The molecule has 5 fully saturated rings. The monoisotopic (exact) mass is 685 g/mol. The molecular weight excluding hydrogens is 634 g/mol. The minimum atomic E-state index is -1.37. The largest absolute Gasteiger partial charge is 0.508 e. The van der Waals surface area contributed by atoms with E-state index in [-0.39, 0.29) is 48.6 Å². The molecule has 2 saturated carbocycles. The molecule has 0 spiro atoms. The Balaban J connectivity index is 1.12. The summed E-state index contributed by atoms with van der Waals surface area (Å²) in [4.78, 5) is 28.0. The normalized spacial score (nSPS) is 45.1. The van der Waals surface area contributed by atoms with E-state index in [1.165, 1.54) is 0 Å². The lowest BCUT2D eigenvalue weighted by atomic mass is 9.48. The maximum atomic E-state index is 13.4. The zero-order chi connectivity index (χ0) is 34.9. The first-order chi connectivity index (χ1) is 23.2. The summed E-state index contributed by atoms with van der Waals surface area (Å²) in [7, 11) is 0. The van der Waals surface area contributed by atoms with Crippen LogP contribution in [0.1, 0.15) is 70.4 Å². The molecule has 1 aromatic rings. The fourth-order valence-electron chi connectivity index (χ4n) is 10.4. The van der Waals surface area contributed by atoms with Crippen LogP contribution in [-0.4, -0.2) is 111 Å². The number of benzene rings is 1. The Hall–Kier alpha value is -2.58. The van der Waals surface area contributed by atoms with E-state index < -0.39 is 54.0 Å².